The van der Waals surface area contributed by atoms with Crippen molar-refractivity contribution in [2.75, 3.05) is 13.2 Å². The van der Waals surface area contributed by atoms with Gasteiger partial charge >= 0.3 is 0 Å². The third kappa shape index (κ3) is 1.89. The Hall–Kier alpha value is -1.05. The molecule has 1 aliphatic rings. The van der Waals surface area contributed by atoms with E-state index in [1.807, 2.05) is 6.07 Å². The van der Waals surface area contributed by atoms with Crippen LogP contribution in [0.3, 0.4) is 0 Å². The molecule has 0 bridgehead atoms. The number of nitriles is 1. The van der Waals surface area contributed by atoms with E-state index in [0.717, 1.165) is 0 Å². The predicted molar refractivity (Wildman–Crippen MR) is 51.6 cm³/mol. The Kier molecular flexibility index (Phi) is 2.71. The van der Waals surface area contributed by atoms with E-state index in [9.17, 15) is 4.39 Å². The molecule has 0 unspecified atom stereocenters. The van der Waals surface area contributed by atoms with Crippen LogP contribution in [0.15, 0.2) is 23.1 Å². The number of benzene rings is 1. The zero-order valence-electron chi connectivity index (χ0n) is 7.37. The summed E-state index contributed by atoms with van der Waals surface area (Å²) < 4.78 is 18.3. The Bertz CT molecular complexity index is 384. The molecule has 72 valence electrons. The first-order valence-electron chi connectivity index (χ1n) is 4.23. The fourth-order valence-electron chi connectivity index (χ4n) is 1.13. The van der Waals surface area contributed by atoms with Crippen molar-refractivity contribution in [3.8, 4) is 6.07 Å². The van der Waals surface area contributed by atoms with Gasteiger partial charge in [-0.1, -0.05) is 0 Å². The second-order valence-corrected chi connectivity index (χ2v) is 4.38. The molecule has 0 radical (unpaired) electrons. The minimum absolute atomic E-state index is 0.319. The minimum Gasteiger partial charge on any atom is -0.379 e. The summed E-state index contributed by atoms with van der Waals surface area (Å²) in [5, 5.41) is 8.91. The molecule has 0 amide bonds. The van der Waals surface area contributed by atoms with E-state index in [1.54, 1.807) is 12.1 Å². The zero-order chi connectivity index (χ0) is 9.97. The van der Waals surface area contributed by atoms with Crippen molar-refractivity contribution in [1.82, 2.24) is 0 Å². The highest BCUT2D eigenvalue weighted by Gasteiger charge is 2.20. The smallest absolute Gasteiger partial charge is 0.138 e. The van der Waals surface area contributed by atoms with Crippen LogP contribution in [-0.4, -0.2) is 18.5 Å². The summed E-state index contributed by atoms with van der Waals surface area (Å²) in [7, 11) is 0. The van der Waals surface area contributed by atoms with Crippen LogP contribution in [-0.2, 0) is 4.74 Å². The summed E-state index contributed by atoms with van der Waals surface area (Å²) in [6, 6.07) is 6.45. The van der Waals surface area contributed by atoms with E-state index < -0.39 is 0 Å². The van der Waals surface area contributed by atoms with Gasteiger partial charge in [0.2, 0.25) is 0 Å². The third-order valence-corrected chi connectivity index (χ3v) is 3.15. The van der Waals surface area contributed by atoms with E-state index in [-0.39, 0.29) is 5.82 Å². The van der Waals surface area contributed by atoms with E-state index in [2.05, 4.69) is 0 Å². The van der Waals surface area contributed by atoms with Crippen molar-refractivity contribution in [2.45, 2.75) is 10.1 Å². The van der Waals surface area contributed by atoms with E-state index in [0.29, 0.717) is 28.9 Å². The maximum Gasteiger partial charge on any atom is 0.138 e. The number of hydrogen-bond donors (Lipinski definition) is 0. The lowest BCUT2D eigenvalue weighted by molar-refractivity contribution is 0.0455. The molecule has 4 heteroatoms. The average molecular weight is 209 g/mol. The molecule has 0 spiro atoms. The first-order chi connectivity index (χ1) is 6.79. The van der Waals surface area contributed by atoms with Crippen LogP contribution in [0.1, 0.15) is 5.56 Å². The highest BCUT2D eigenvalue weighted by Crippen LogP contribution is 2.30. The van der Waals surface area contributed by atoms with Gasteiger partial charge in [0.15, 0.2) is 0 Å². The molecule has 0 atom stereocenters. The van der Waals surface area contributed by atoms with Crippen LogP contribution in [0.25, 0.3) is 0 Å². The van der Waals surface area contributed by atoms with Gasteiger partial charge in [0.25, 0.3) is 0 Å². The largest absolute Gasteiger partial charge is 0.379 e. The Balaban J connectivity index is 2.14. The lowest BCUT2D eigenvalue weighted by Crippen LogP contribution is -2.30. The van der Waals surface area contributed by atoms with Gasteiger partial charge in [0.1, 0.15) is 5.82 Å². The highest BCUT2D eigenvalue weighted by molar-refractivity contribution is 8.00. The van der Waals surface area contributed by atoms with Crippen molar-refractivity contribution in [3.63, 3.8) is 0 Å². The van der Waals surface area contributed by atoms with E-state index in [1.165, 1.54) is 17.8 Å². The van der Waals surface area contributed by atoms with Crippen molar-refractivity contribution in [1.29, 1.82) is 5.26 Å². The Labute approximate surface area is 85.7 Å². The third-order valence-electron chi connectivity index (χ3n) is 1.96. The molecular weight excluding hydrogens is 201 g/mol. The normalized spacial score (nSPS) is 16.0. The molecule has 0 N–H and O–H groups in total. The van der Waals surface area contributed by atoms with Gasteiger partial charge in [-0.2, -0.15) is 5.26 Å². The highest BCUT2D eigenvalue weighted by atomic mass is 32.2. The van der Waals surface area contributed by atoms with Crippen LogP contribution < -0.4 is 0 Å². The van der Waals surface area contributed by atoms with Crippen LogP contribution in [0, 0.1) is 17.1 Å². The maximum atomic E-state index is 13.3. The number of ether oxygens (including phenoxy) is 1. The van der Waals surface area contributed by atoms with Crippen LogP contribution >= 0.6 is 11.8 Å². The number of hydrogen-bond acceptors (Lipinski definition) is 3. The van der Waals surface area contributed by atoms with Crippen molar-refractivity contribution in [3.05, 3.63) is 29.6 Å². The predicted octanol–water partition coefficient (Wildman–Crippen LogP) is 2.19. The molecule has 1 aromatic carbocycles. The van der Waals surface area contributed by atoms with Crippen LogP contribution in [0.5, 0.6) is 0 Å². The first kappa shape index (κ1) is 9.50. The van der Waals surface area contributed by atoms with Crippen molar-refractivity contribution >= 4 is 11.8 Å². The Morgan fingerprint density at radius 2 is 2.29 bits per heavy atom. The van der Waals surface area contributed by atoms with Gasteiger partial charge in [0, 0.05) is 4.90 Å². The van der Waals surface area contributed by atoms with Gasteiger partial charge in [-0.3, -0.25) is 0 Å². The minimum atomic E-state index is -0.319. The zero-order valence-corrected chi connectivity index (χ0v) is 8.18. The lowest BCUT2D eigenvalue weighted by Gasteiger charge is -2.25. The SMILES string of the molecule is N#Cc1ccc(SC2COC2)c(F)c1. The fraction of sp³-hybridized carbons (Fsp3) is 0.300. The Morgan fingerprint density at radius 3 is 2.79 bits per heavy atom. The molecule has 0 aromatic heterocycles. The number of halogens is 1. The molecule has 14 heavy (non-hydrogen) atoms. The van der Waals surface area contributed by atoms with Crippen molar-refractivity contribution in [2.24, 2.45) is 0 Å². The van der Waals surface area contributed by atoms with Gasteiger partial charge in [-0.05, 0) is 18.2 Å². The summed E-state index contributed by atoms with van der Waals surface area (Å²) in [6.07, 6.45) is 0. The van der Waals surface area contributed by atoms with E-state index >= 15 is 0 Å². The molecule has 0 saturated carbocycles. The summed E-state index contributed by atoms with van der Waals surface area (Å²) in [5.74, 6) is -0.319. The molecule has 1 heterocycles. The first-order valence-corrected chi connectivity index (χ1v) is 5.11. The molecular formula is C10H8FNOS. The molecule has 2 rings (SSSR count). The van der Waals surface area contributed by atoms with Gasteiger partial charge < -0.3 is 4.74 Å². The topological polar surface area (TPSA) is 33.0 Å². The second-order valence-electron chi connectivity index (χ2n) is 3.03. The molecule has 1 aromatic rings. The summed E-state index contributed by atoms with van der Waals surface area (Å²) in [4.78, 5) is 0.595. The Morgan fingerprint density at radius 1 is 1.50 bits per heavy atom. The number of rotatable bonds is 2. The second kappa shape index (κ2) is 3.99. The average Bonchev–Trinajstić information content (AvgIpc) is 2.13. The standard InChI is InChI=1S/C10H8FNOS/c11-9-3-7(4-12)1-2-10(9)14-8-5-13-6-8/h1-3,8H,5-6H2. The van der Waals surface area contributed by atoms with Crippen molar-refractivity contribution < 1.29 is 9.13 Å². The number of nitrogens with zero attached hydrogens (tertiary/aromatic N) is 1. The number of thioether (sulfide) groups is 1. The maximum absolute atomic E-state index is 13.3. The quantitative estimate of drug-likeness (QED) is 0.748. The monoisotopic (exact) mass is 209 g/mol. The molecule has 1 saturated heterocycles. The molecule has 1 aliphatic heterocycles. The molecule has 2 nitrogen and oxygen atoms in total. The van der Waals surface area contributed by atoms with Crippen LogP contribution in [0.2, 0.25) is 0 Å². The van der Waals surface area contributed by atoms with Gasteiger partial charge in [-0.25, -0.2) is 4.39 Å². The summed E-state index contributed by atoms with van der Waals surface area (Å²) in [6.45, 7) is 1.37. The summed E-state index contributed by atoms with van der Waals surface area (Å²) >= 11 is 1.47. The fourth-order valence-corrected chi connectivity index (χ4v) is 2.13. The van der Waals surface area contributed by atoms with Crippen LogP contribution in [0.4, 0.5) is 4.39 Å². The molecule has 0 aliphatic carbocycles. The summed E-state index contributed by atoms with van der Waals surface area (Å²) in [5.41, 5.74) is 0.358. The van der Waals surface area contributed by atoms with Gasteiger partial charge in [0.05, 0.1) is 30.1 Å². The lowest BCUT2D eigenvalue weighted by atomic mass is 10.2. The molecule has 1 fully saturated rings. The van der Waals surface area contributed by atoms with E-state index in [4.69, 9.17) is 10.00 Å². The van der Waals surface area contributed by atoms with Gasteiger partial charge in [-0.15, -0.1) is 11.8 Å².